The molecule has 0 spiro atoms. The summed E-state index contributed by atoms with van der Waals surface area (Å²) in [6.07, 6.45) is 0.768. The lowest BCUT2D eigenvalue weighted by Gasteiger charge is -2.28. The molecule has 0 atom stereocenters. The second-order valence-electron chi connectivity index (χ2n) is 5.15. The Balaban J connectivity index is 2.24. The Morgan fingerprint density at radius 1 is 1.41 bits per heavy atom. The fraction of sp³-hybridized carbons (Fsp3) is 0.500. The molecule has 2 amide bonds. The molecule has 1 aromatic carbocycles. The van der Waals surface area contributed by atoms with Gasteiger partial charge in [-0.25, -0.2) is 0 Å². The zero-order valence-electron chi connectivity index (χ0n) is 13.1. The monoisotopic (exact) mass is 306 g/mol. The molecular weight excluding hydrogens is 284 g/mol. The van der Waals surface area contributed by atoms with Crippen LogP contribution in [-0.4, -0.2) is 63.8 Å². The predicted octanol–water partition coefficient (Wildman–Crippen LogP) is 1.08. The number of ether oxygens (including phenoxy) is 2. The second-order valence-corrected chi connectivity index (χ2v) is 5.15. The Kier molecular flexibility index (Phi) is 5.91. The van der Waals surface area contributed by atoms with Gasteiger partial charge in [-0.15, -0.1) is 0 Å². The van der Waals surface area contributed by atoms with E-state index in [9.17, 15) is 9.59 Å². The molecule has 22 heavy (non-hydrogen) atoms. The van der Waals surface area contributed by atoms with E-state index in [0.717, 1.165) is 17.7 Å². The van der Waals surface area contributed by atoms with Crippen molar-refractivity contribution >= 4 is 18.0 Å². The lowest BCUT2D eigenvalue weighted by Crippen LogP contribution is -2.41. The highest BCUT2D eigenvalue weighted by atomic mass is 16.5. The van der Waals surface area contributed by atoms with Gasteiger partial charge in [-0.2, -0.15) is 0 Å². The third-order valence-electron chi connectivity index (χ3n) is 3.81. The summed E-state index contributed by atoms with van der Waals surface area (Å²) in [5, 5.41) is 0. The lowest BCUT2D eigenvalue weighted by atomic mass is 10.0. The summed E-state index contributed by atoms with van der Waals surface area (Å²) in [7, 11) is 1.59. The van der Waals surface area contributed by atoms with Crippen molar-refractivity contribution in [2.45, 2.75) is 6.92 Å². The summed E-state index contributed by atoms with van der Waals surface area (Å²) >= 11 is 0. The zero-order chi connectivity index (χ0) is 15.9. The van der Waals surface area contributed by atoms with Gasteiger partial charge in [0.15, 0.2) is 0 Å². The van der Waals surface area contributed by atoms with Crippen molar-refractivity contribution in [3.63, 3.8) is 0 Å². The number of hydrogen-bond donors (Lipinski definition) is 0. The molecule has 2 rings (SSSR count). The largest absolute Gasteiger partial charge is 0.383 e. The van der Waals surface area contributed by atoms with E-state index >= 15 is 0 Å². The number of hydrogen-bond acceptors (Lipinski definition) is 4. The number of morpholine rings is 1. The Hall–Kier alpha value is -1.92. The summed E-state index contributed by atoms with van der Waals surface area (Å²) in [4.78, 5) is 27.3. The van der Waals surface area contributed by atoms with Crippen LogP contribution in [0.15, 0.2) is 18.2 Å². The topological polar surface area (TPSA) is 59.1 Å². The minimum absolute atomic E-state index is 0.0137. The van der Waals surface area contributed by atoms with Gasteiger partial charge in [-0.05, 0) is 24.6 Å². The quantitative estimate of drug-likeness (QED) is 0.738. The van der Waals surface area contributed by atoms with Crippen LogP contribution in [0.25, 0.3) is 0 Å². The molecule has 0 bridgehead atoms. The van der Waals surface area contributed by atoms with Gasteiger partial charge in [0.05, 0.1) is 19.8 Å². The molecule has 1 heterocycles. The van der Waals surface area contributed by atoms with E-state index in [4.69, 9.17) is 9.47 Å². The molecule has 0 N–H and O–H groups in total. The van der Waals surface area contributed by atoms with Crippen LogP contribution in [-0.2, 0) is 14.3 Å². The van der Waals surface area contributed by atoms with Gasteiger partial charge in [0.1, 0.15) is 0 Å². The van der Waals surface area contributed by atoms with Crippen LogP contribution >= 0.6 is 0 Å². The van der Waals surface area contributed by atoms with E-state index in [0.29, 0.717) is 45.0 Å². The minimum Gasteiger partial charge on any atom is -0.383 e. The molecule has 0 unspecified atom stereocenters. The normalized spacial score (nSPS) is 14.7. The molecule has 120 valence electrons. The number of carbonyl (C=O) groups is 2. The van der Waals surface area contributed by atoms with Gasteiger partial charge < -0.3 is 19.3 Å². The highest BCUT2D eigenvalue weighted by molar-refractivity contribution is 5.98. The molecule has 6 heteroatoms. The van der Waals surface area contributed by atoms with Crippen molar-refractivity contribution in [2.75, 3.05) is 51.5 Å². The zero-order valence-corrected chi connectivity index (χ0v) is 13.1. The molecule has 0 aromatic heterocycles. The summed E-state index contributed by atoms with van der Waals surface area (Å²) in [5.74, 6) is -0.0137. The number of rotatable bonds is 6. The third kappa shape index (κ3) is 3.64. The average molecular weight is 306 g/mol. The number of carbonyl (C=O) groups excluding carboxylic acids is 2. The highest BCUT2D eigenvalue weighted by Crippen LogP contribution is 2.23. The first-order valence-corrected chi connectivity index (χ1v) is 7.36. The molecule has 6 nitrogen and oxygen atoms in total. The van der Waals surface area contributed by atoms with Gasteiger partial charge >= 0.3 is 0 Å². The predicted molar refractivity (Wildman–Crippen MR) is 83.2 cm³/mol. The smallest absolute Gasteiger partial charge is 0.254 e. The molecule has 0 aliphatic carbocycles. The Bertz CT molecular complexity index is 527. The van der Waals surface area contributed by atoms with Gasteiger partial charge in [0, 0.05) is 38.0 Å². The summed E-state index contributed by atoms with van der Waals surface area (Å²) in [6.45, 7) is 5.10. The van der Waals surface area contributed by atoms with E-state index in [1.807, 2.05) is 13.0 Å². The Morgan fingerprint density at radius 3 is 2.77 bits per heavy atom. The molecule has 1 aliphatic rings. The van der Waals surface area contributed by atoms with Crippen LogP contribution in [0.5, 0.6) is 0 Å². The van der Waals surface area contributed by atoms with E-state index in [2.05, 4.69) is 0 Å². The average Bonchev–Trinajstić information content (AvgIpc) is 2.57. The summed E-state index contributed by atoms with van der Waals surface area (Å²) in [5.41, 5.74) is 2.18. The first-order valence-electron chi connectivity index (χ1n) is 7.36. The molecular formula is C16H22N2O4. The van der Waals surface area contributed by atoms with Gasteiger partial charge in [0.2, 0.25) is 6.41 Å². The minimum atomic E-state index is -0.0137. The van der Waals surface area contributed by atoms with Crippen molar-refractivity contribution in [3.8, 4) is 0 Å². The van der Waals surface area contributed by atoms with Crippen LogP contribution < -0.4 is 4.90 Å². The fourth-order valence-electron chi connectivity index (χ4n) is 2.52. The highest BCUT2D eigenvalue weighted by Gasteiger charge is 2.22. The maximum Gasteiger partial charge on any atom is 0.254 e. The Morgan fingerprint density at radius 2 is 2.14 bits per heavy atom. The van der Waals surface area contributed by atoms with Crippen LogP contribution in [0.1, 0.15) is 15.9 Å². The first kappa shape index (κ1) is 16.5. The van der Waals surface area contributed by atoms with Crippen LogP contribution in [0.4, 0.5) is 5.69 Å². The number of nitrogens with zero attached hydrogens (tertiary/aromatic N) is 2. The van der Waals surface area contributed by atoms with Crippen LogP contribution in [0, 0.1) is 6.92 Å². The molecule has 1 aliphatic heterocycles. The van der Waals surface area contributed by atoms with Crippen LogP contribution in [0.3, 0.4) is 0 Å². The molecule has 1 saturated heterocycles. The Labute approximate surface area is 130 Å². The van der Waals surface area contributed by atoms with Gasteiger partial charge in [-0.3, -0.25) is 9.59 Å². The summed E-state index contributed by atoms with van der Waals surface area (Å²) < 4.78 is 10.3. The molecule has 0 saturated carbocycles. The standard InChI is InChI=1S/C16H22N2O4/c1-13-14(16(20)17-7-10-22-11-8-17)4-3-5-15(13)18(12-19)6-9-21-2/h3-5,12H,6-11H2,1-2H3. The van der Waals surface area contributed by atoms with Crippen molar-refractivity contribution in [1.82, 2.24) is 4.90 Å². The number of anilines is 1. The number of benzene rings is 1. The SMILES string of the molecule is COCCN(C=O)c1cccc(C(=O)N2CCOCC2)c1C. The second kappa shape index (κ2) is 7.91. The van der Waals surface area contributed by atoms with E-state index < -0.39 is 0 Å². The lowest BCUT2D eigenvalue weighted by molar-refractivity contribution is -0.107. The molecule has 1 aromatic rings. The maximum absolute atomic E-state index is 12.6. The van der Waals surface area contributed by atoms with Crippen molar-refractivity contribution < 1.29 is 19.1 Å². The van der Waals surface area contributed by atoms with E-state index in [-0.39, 0.29) is 5.91 Å². The van der Waals surface area contributed by atoms with E-state index in [1.165, 1.54) is 0 Å². The van der Waals surface area contributed by atoms with E-state index in [1.54, 1.807) is 29.0 Å². The molecule has 0 radical (unpaired) electrons. The first-order chi connectivity index (χ1) is 10.7. The van der Waals surface area contributed by atoms with Crippen molar-refractivity contribution in [3.05, 3.63) is 29.3 Å². The van der Waals surface area contributed by atoms with Crippen molar-refractivity contribution in [2.24, 2.45) is 0 Å². The summed E-state index contributed by atoms with van der Waals surface area (Å²) in [6, 6.07) is 5.45. The maximum atomic E-state index is 12.6. The van der Waals surface area contributed by atoms with Gasteiger partial charge in [-0.1, -0.05) is 6.07 Å². The third-order valence-corrected chi connectivity index (χ3v) is 3.81. The number of methoxy groups -OCH3 is 1. The van der Waals surface area contributed by atoms with Gasteiger partial charge in [0.25, 0.3) is 5.91 Å². The van der Waals surface area contributed by atoms with Crippen LogP contribution in [0.2, 0.25) is 0 Å². The number of amides is 2. The molecule has 1 fully saturated rings. The van der Waals surface area contributed by atoms with Crippen molar-refractivity contribution in [1.29, 1.82) is 0 Å². The fourth-order valence-corrected chi connectivity index (χ4v) is 2.52.